The van der Waals surface area contributed by atoms with Crippen LogP contribution in [0.1, 0.15) is 132 Å². The van der Waals surface area contributed by atoms with E-state index in [1.807, 2.05) is 78.9 Å². The van der Waals surface area contributed by atoms with Crippen molar-refractivity contribution >= 4 is 111 Å². The van der Waals surface area contributed by atoms with E-state index in [1.165, 1.54) is 64.0 Å². The van der Waals surface area contributed by atoms with Crippen molar-refractivity contribution < 1.29 is 55.2 Å². The van der Waals surface area contributed by atoms with Gasteiger partial charge in [-0.05, 0) is 175 Å². The lowest BCUT2D eigenvalue weighted by Crippen LogP contribution is -2.47. The molecule has 12 aromatic rings. The average molecular weight is 1780 g/mol. The highest BCUT2D eigenvalue weighted by molar-refractivity contribution is 7.90. The summed E-state index contributed by atoms with van der Waals surface area (Å²) < 4.78 is 84.4. The van der Waals surface area contributed by atoms with Crippen molar-refractivity contribution in [1.29, 1.82) is 0 Å². The molecule has 5 aromatic heterocycles. The molecule has 2 fully saturated rings. The van der Waals surface area contributed by atoms with Gasteiger partial charge < -0.3 is 38.7 Å². The van der Waals surface area contributed by atoms with Crippen LogP contribution in [-0.4, -0.2) is 152 Å². The maximum atomic E-state index is 14.0. The predicted molar refractivity (Wildman–Crippen MR) is 485 cm³/mol. The van der Waals surface area contributed by atoms with E-state index in [2.05, 4.69) is 106 Å². The number of nitro benzene ring substituents is 2. The number of carbonyl (C=O) groups is 2. The van der Waals surface area contributed by atoms with Crippen molar-refractivity contribution in [2.45, 2.75) is 101 Å². The number of nitrogens with zero attached hydrogens (tertiary/aromatic N) is 9. The first kappa shape index (κ1) is 85.6. The highest BCUT2D eigenvalue weighted by Gasteiger charge is 2.38. The van der Waals surface area contributed by atoms with E-state index in [-0.39, 0.29) is 88.4 Å². The van der Waals surface area contributed by atoms with Crippen molar-refractivity contribution in [2.75, 3.05) is 88.5 Å². The van der Waals surface area contributed by atoms with Crippen molar-refractivity contribution in [3.8, 4) is 34.5 Å². The van der Waals surface area contributed by atoms with E-state index >= 15 is 0 Å². The molecule has 4 aliphatic heterocycles. The summed E-state index contributed by atoms with van der Waals surface area (Å²) in [6.07, 6.45) is 15.1. The van der Waals surface area contributed by atoms with Gasteiger partial charge in [0.05, 0.1) is 67.5 Å². The molecule has 4 N–H and O–H groups in total. The lowest BCUT2D eigenvalue weighted by molar-refractivity contribution is -0.386. The number of ether oxygens (including phenoxy) is 4. The topological polar surface area (TPSA) is 333 Å². The molecule has 9 heterocycles. The first-order chi connectivity index (χ1) is 60.6. The molecule has 6 aliphatic rings. The standard InChI is InChI=1S/C48H47ClN6O7S.C47H46ClN7O7S/c1-48(2)16-14-34(42(27-48)32-8-10-36(49)11-9-32)29-53-18-20-54(21-19-53)37-12-13-40(45(24-37)62-38-22-33-15-17-50-46(33)51-28-38)47(56)52-63(59,60)39-25-43(55(57)58)41-23-35(30-61-44(41)26-39)31-6-4-3-5-7-31;1-47(2)14-12-32(40(26-47)30-6-8-34(48)9-7-30)28-53-17-19-54(20-18-53)35-10-11-38(44(23-35)62-36-21-31-13-16-50-45(31)51-27-36)46(56)52-63(59,60)37-24-42(55(57)58)39-22-33(29-61-43(39)25-37)41-5-3-4-15-49-41/h3-13,15,17,22,24-26,28,35H,14,16,18-21,23,27,29-30H2,1-2H3,(H,50,51)(H,52,56);3-11,13,15-16,21,23-25,27,33H,12,14,17-20,22,26,28-29H2,1-2H3,(H,50,51)(H,52,56)/t35-;33-/m11/s1. The number of fused-ring (bicyclic) bond motifs is 4. The van der Waals surface area contributed by atoms with Crippen LogP contribution in [0.5, 0.6) is 34.5 Å². The van der Waals surface area contributed by atoms with Crippen LogP contribution in [0.3, 0.4) is 0 Å². The van der Waals surface area contributed by atoms with Gasteiger partial charge in [-0.2, -0.15) is 0 Å². The van der Waals surface area contributed by atoms with Crippen LogP contribution in [-0.2, 0) is 32.9 Å². The maximum Gasteiger partial charge on any atom is 0.277 e. The number of anilines is 2. The highest BCUT2D eigenvalue weighted by Crippen LogP contribution is 2.48. The summed E-state index contributed by atoms with van der Waals surface area (Å²) in [6.45, 7) is 17.6. The van der Waals surface area contributed by atoms with Crippen LogP contribution in [0.15, 0.2) is 234 Å². The number of amides is 2. The van der Waals surface area contributed by atoms with Gasteiger partial charge in [-0.3, -0.25) is 44.6 Å². The lowest BCUT2D eigenvalue weighted by atomic mass is 9.72. The summed E-state index contributed by atoms with van der Waals surface area (Å²) in [7, 11) is -9.28. The van der Waals surface area contributed by atoms with Crippen molar-refractivity contribution in [3.05, 3.63) is 299 Å². The number of nitrogens with one attached hydrogen (secondary N) is 4. The van der Waals surface area contributed by atoms with E-state index in [4.69, 9.17) is 42.1 Å². The number of H-pyrrole nitrogens is 2. The number of halogens is 2. The van der Waals surface area contributed by atoms with E-state index in [9.17, 15) is 46.7 Å². The van der Waals surface area contributed by atoms with Crippen LogP contribution < -0.4 is 38.2 Å². The molecule has 0 radical (unpaired) electrons. The predicted octanol–water partition coefficient (Wildman–Crippen LogP) is 18.5. The average Bonchev–Trinajstić information content (AvgIpc) is 0.912. The van der Waals surface area contributed by atoms with Gasteiger partial charge in [0.15, 0.2) is 0 Å². The fourth-order valence-corrected chi connectivity index (χ4v) is 19.9. The van der Waals surface area contributed by atoms with Crippen LogP contribution in [0.2, 0.25) is 10.0 Å². The van der Waals surface area contributed by atoms with Crippen molar-refractivity contribution in [2.24, 2.45) is 10.8 Å². The number of carbonyl (C=O) groups excluding carboxylic acids is 2. The third-order valence-electron chi connectivity index (χ3n) is 24.6. The zero-order valence-corrected chi connectivity index (χ0v) is 73.0. The van der Waals surface area contributed by atoms with E-state index < -0.39 is 62.9 Å². The molecule has 2 amide bonds. The molecule has 7 aromatic carbocycles. The highest BCUT2D eigenvalue weighted by atomic mass is 35.5. The number of allylic oxidation sites excluding steroid dienone is 2. The van der Waals surface area contributed by atoms with E-state index in [0.29, 0.717) is 47.1 Å². The van der Waals surface area contributed by atoms with Crippen LogP contribution in [0, 0.1) is 31.1 Å². The lowest BCUT2D eigenvalue weighted by Gasteiger charge is -2.39. The molecule has 27 nitrogen and oxygen atoms in total. The Hall–Kier alpha value is -12.5. The van der Waals surface area contributed by atoms with Crippen LogP contribution in [0.25, 0.3) is 33.2 Å². The number of hydrogen-bond acceptors (Lipinski definition) is 21. The Labute approximate surface area is 739 Å². The minimum absolute atomic E-state index is 0.0496. The molecule has 0 spiro atoms. The minimum atomic E-state index is -4.65. The number of nitro groups is 2. The second-order valence-corrected chi connectivity index (χ2v) is 38.7. The second-order valence-electron chi connectivity index (χ2n) is 34.4. The fraction of sp³-hybridized carbons (Fsp3) is 0.295. The SMILES string of the molecule is CC1(C)CCC(CN2CCN(c3ccc(C(=O)NS(=O)(=O)c4cc5c(c([N+](=O)[O-])c4)C[C@@H](c4ccccc4)CO5)c(Oc4cnc5[nH]ccc5c4)c3)CC2)=C(c2ccc(Cl)cc2)C1.CC1(C)CCC(CN2CCN(c3ccc(C(=O)NS(=O)(=O)c4cc5c(c([N+](=O)[O-])c4)C[C@@H](c4ccccn4)CO5)c(Oc4cnc5[nH]ccc5c4)c3)CC2)=C(c2ccc(Cl)cc2)C1. The minimum Gasteiger partial charge on any atom is -0.492 e. The number of benzene rings is 7. The summed E-state index contributed by atoms with van der Waals surface area (Å²) in [5.74, 6) is -1.30. The monoisotopic (exact) mass is 1770 g/mol. The molecule has 2 saturated heterocycles. The molecule has 126 heavy (non-hydrogen) atoms. The van der Waals surface area contributed by atoms with Gasteiger partial charge >= 0.3 is 0 Å². The number of sulfonamides is 2. The molecule has 648 valence electrons. The summed E-state index contributed by atoms with van der Waals surface area (Å²) in [5.41, 5.74) is 12.8. The number of rotatable bonds is 22. The Bertz CT molecular complexity index is 6100. The van der Waals surface area contributed by atoms with Gasteiger partial charge in [0.2, 0.25) is 0 Å². The van der Waals surface area contributed by atoms with Gasteiger partial charge in [-0.15, -0.1) is 0 Å². The zero-order valence-electron chi connectivity index (χ0n) is 69.8. The molecule has 0 bridgehead atoms. The molecular formula is C95H93Cl2N13O14S2. The smallest absolute Gasteiger partial charge is 0.277 e. The van der Waals surface area contributed by atoms with Gasteiger partial charge in [0.1, 0.15) is 45.8 Å². The summed E-state index contributed by atoms with van der Waals surface area (Å²) >= 11 is 12.5. The number of aromatic amines is 2. The van der Waals surface area contributed by atoms with Gasteiger partial charge in [0, 0.05) is 170 Å². The Morgan fingerprint density at radius 2 is 0.960 bits per heavy atom. The van der Waals surface area contributed by atoms with Gasteiger partial charge in [0.25, 0.3) is 43.2 Å². The van der Waals surface area contributed by atoms with Crippen LogP contribution in [0.4, 0.5) is 22.7 Å². The number of pyridine rings is 3. The largest absolute Gasteiger partial charge is 0.492 e. The van der Waals surface area contributed by atoms with Crippen LogP contribution >= 0.6 is 23.2 Å². The first-order valence-corrected chi connectivity index (χ1v) is 45.7. The maximum absolute atomic E-state index is 14.0. The normalized spacial score (nSPS) is 17.8. The van der Waals surface area contributed by atoms with Crippen molar-refractivity contribution in [3.63, 3.8) is 0 Å². The van der Waals surface area contributed by atoms with Gasteiger partial charge in [-0.25, -0.2) is 36.2 Å². The Kier molecular flexibility index (Phi) is 24.4. The molecule has 2 atom stereocenters. The molecule has 31 heteroatoms. The molecular weight excluding hydrogens is 1680 g/mol. The number of piperazine rings is 2. The molecule has 18 rings (SSSR count). The summed E-state index contributed by atoms with van der Waals surface area (Å²) in [6, 6.07) is 53.0. The van der Waals surface area contributed by atoms with Crippen molar-refractivity contribution in [1.82, 2.24) is 44.2 Å². The first-order valence-electron chi connectivity index (χ1n) is 41.9. The fourth-order valence-electron chi connectivity index (χ4n) is 17.7. The summed E-state index contributed by atoms with van der Waals surface area (Å²) in [4.78, 5) is 79.2. The number of hydrogen-bond donors (Lipinski definition) is 4. The Morgan fingerprint density at radius 1 is 0.524 bits per heavy atom. The number of aromatic nitrogens is 5. The molecule has 2 aliphatic carbocycles. The zero-order chi connectivity index (χ0) is 87.8. The molecule has 0 saturated carbocycles. The van der Waals surface area contributed by atoms with E-state index in [0.717, 1.165) is 141 Å². The van der Waals surface area contributed by atoms with E-state index in [1.54, 1.807) is 67.1 Å². The molecule has 0 unspecified atom stereocenters. The van der Waals surface area contributed by atoms with Gasteiger partial charge in [-0.1, -0.05) is 123 Å². The second kappa shape index (κ2) is 35.9. The summed E-state index contributed by atoms with van der Waals surface area (Å²) in [5, 5.41) is 27.6. The third-order valence-corrected chi connectivity index (χ3v) is 27.8. The Morgan fingerprint density at radius 3 is 1.40 bits per heavy atom. The quantitative estimate of drug-likeness (QED) is 0.0362. The third kappa shape index (κ3) is 19.3. The Balaban J connectivity index is 0.000000178.